The van der Waals surface area contributed by atoms with Crippen LogP contribution in [0.25, 0.3) is 0 Å². The van der Waals surface area contributed by atoms with Crippen molar-refractivity contribution in [1.29, 1.82) is 0 Å². The Morgan fingerprint density at radius 1 is 1.16 bits per heavy atom. The van der Waals surface area contributed by atoms with Gasteiger partial charge in [0.2, 0.25) is 0 Å². The number of alkyl halides is 3. The SMILES string of the molecule is Cc1ccc(OCNC(=O)Nc2ccc(Cl)cc2C(F)(F)F)c(C)c1. The second-order valence-electron chi connectivity index (χ2n) is 5.38. The smallest absolute Gasteiger partial charge is 0.418 e. The van der Waals surface area contributed by atoms with Crippen LogP contribution in [0.1, 0.15) is 16.7 Å². The van der Waals surface area contributed by atoms with Gasteiger partial charge in [0.05, 0.1) is 11.3 Å². The van der Waals surface area contributed by atoms with Crippen molar-refractivity contribution in [1.82, 2.24) is 5.32 Å². The Balaban J connectivity index is 1.97. The van der Waals surface area contributed by atoms with Crippen LogP contribution in [0.4, 0.5) is 23.7 Å². The number of carbonyl (C=O) groups is 1. The van der Waals surface area contributed by atoms with Gasteiger partial charge in [-0.1, -0.05) is 29.3 Å². The van der Waals surface area contributed by atoms with Crippen molar-refractivity contribution in [2.24, 2.45) is 0 Å². The summed E-state index contributed by atoms with van der Waals surface area (Å²) < 4.78 is 44.3. The van der Waals surface area contributed by atoms with Gasteiger partial charge < -0.3 is 15.4 Å². The summed E-state index contributed by atoms with van der Waals surface area (Å²) in [6.45, 7) is 3.60. The summed E-state index contributed by atoms with van der Waals surface area (Å²) in [6.07, 6.45) is -4.64. The van der Waals surface area contributed by atoms with E-state index in [1.54, 1.807) is 6.07 Å². The highest BCUT2D eigenvalue weighted by Crippen LogP contribution is 2.36. The first-order valence-corrected chi connectivity index (χ1v) is 7.66. The van der Waals surface area contributed by atoms with Gasteiger partial charge >= 0.3 is 12.2 Å². The third kappa shape index (κ3) is 5.29. The van der Waals surface area contributed by atoms with E-state index in [0.29, 0.717) is 5.75 Å². The largest absolute Gasteiger partial charge is 0.473 e. The van der Waals surface area contributed by atoms with Crippen LogP contribution in [0.3, 0.4) is 0 Å². The molecule has 0 aliphatic rings. The van der Waals surface area contributed by atoms with Crippen LogP contribution < -0.4 is 15.4 Å². The molecule has 2 aromatic rings. The first kappa shape index (κ1) is 18.9. The van der Waals surface area contributed by atoms with Gasteiger partial charge in [-0.2, -0.15) is 13.2 Å². The van der Waals surface area contributed by atoms with Crippen molar-refractivity contribution in [2.45, 2.75) is 20.0 Å². The molecule has 0 bridgehead atoms. The zero-order valence-corrected chi connectivity index (χ0v) is 14.3. The average molecular weight is 373 g/mol. The lowest BCUT2D eigenvalue weighted by Gasteiger charge is -2.15. The molecule has 0 atom stereocenters. The highest BCUT2D eigenvalue weighted by molar-refractivity contribution is 6.30. The molecule has 8 heteroatoms. The second-order valence-corrected chi connectivity index (χ2v) is 5.81. The monoisotopic (exact) mass is 372 g/mol. The Morgan fingerprint density at radius 2 is 1.88 bits per heavy atom. The van der Waals surface area contributed by atoms with Crippen molar-refractivity contribution < 1.29 is 22.7 Å². The molecule has 0 aromatic heterocycles. The summed E-state index contributed by atoms with van der Waals surface area (Å²) in [5, 5.41) is 4.42. The van der Waals surface area contributed by atoms with Crippen LogP contribution in [0.2, 0.25) is 5.02 Å². The van der Waals surface area contributed by atoms with Crippen molar-refractivity contribution >= 4 is 23.3 Å². The molecule has 0 aliphatic heterocycles. The number of amides is 2. The quantitative estimate of drug-likeness (QED) is 0.731. The average Bonchev–Trinajstić information content (AvgIpc) is 2.50. The molecule has 2 N–H and O–H groups in total. The van der Waals surface area contributed by atoms with Gasteiger partial charge in [-0.05, 0) is 43.7 Å². The van der Waals surface area contributed by atoms with E-state index >= 15 is 0 Å². The molecule has 2 rings (SSSR count). The van der Waals surface area contributed by atoms with E-state index in [-0.39, 0.29) is 17.4 Å². The molecule has 0 heterocycles. The highest BCUT2D eigenvalue weighted by atomic mass is 35.5. The summed E-state index contributed by atoms with van der Waals surface area (Å²) >= 11 is 5.59. The number of benzene rings is 2. The van der Waals surface area contributed by atoms with E-state index in [0.717, 1.165) is 23.3 Å². The fraction of sp³-hybridized carbons (Fsp3) is 0.235. The van der Waals surface area contributed by atoms with E-state index in [1.807, 2.05) is 26.0 Å². The van der Waals surface area contributed by atoms with Crippen LogP contribution in [-0.4, -0.2) is 12.8 Å². The lowest BCUT2D eigenvalue weighted by atomic mass is 10.1. The number of aryl methyl sites for hydroxylation is 2. The molecule has 0 saturated carbocycles. The van der Waals surface area contributed by atoms with Gasteiger partial charge in [-0.15, -0.1) is 0 Å². The number of anilines is 1. The number of nitrogens with one attached hydrogen (secondary N) is 2. The number of carbonyl (C=O) groups excluding carboxylic acids is 1. The minimum absolute atomic E-state index is 0.0727. The lowest BCUT2D eigenvalue weighted by molar-refractivity contribution is -0.136. The van der Waals surface area contributed by atoms with Crippen molar-refractivity contribution in [3.05, 3.63) is 58.1 Å². The fourth-order valence-corrected chi connectivity index (χ4v) is 2.34. The molecule has 0 fully saturated rings. The Hall–Kier alpha value is -2.41. The Labute approximate surface area is 147 Å². The number of urea groups is 1. The zero-order chi connectivity index (χ0) is 18.6. The van der Waals surface area contributed by atoms with Gasteiger partial charge in [-0.25, -0.2) is 4.79 Å². The number of halogens is 4. The molecular formula is C17H16ClF3N2O2. The first-order chi connectivity index (χ1) is 11.7. The van der Waals surface area contributed by atoms with Crippen molar-refractivity contribution in [3.8, 4) is 5.75 Å². The fourth-order valence-electron chi connectivity index (χ4n) is 2.17. The molecule has 0 aliphatic carbocycles. The molecule has 4 nitrogen and oxygen atoms in total. The van der Waals surface area contributed by atoms with Gasteiger partial charge in [0.1, 0.15) is 5.75 Å². The summed E-state index contributed by atoms with van der Waals surface area (Å²) in [5.74, 6) is 0.577. The summed E-state index contributed by atoms with van der Waals surface area (Å²) in [4.78, 5) is 11.8. The number of hydrogen-bond donors (Lipinski definition) is 2. The molecule has 134 valence electrons. The Kier molecular flexibility index (Phi) is 5.79. The van der Waals surface area contributed by atoms with E-state index in [9.17, 15) is 18.0 Å². The standard InChI is InChI=1S/C17H16ClF3N2O2/c1-10-3-6-15(11(2)7-10)25-9-22-16(24)23-14-5-4-12(18)8-13(14)17(19,20)21/h3-8H,9H2,1-2H3,(H2,22,23,24). The van der Waals surface area contributed by atoms with Gasteiger partial charge in [0.25, 0.3) is 0 Å². The van der Waals surface area contributed by atoms with E-state index < -0.39 is 17.8 Å². The Bertz CT molecular complexity index is 779. The highest BCUT2D eigenvalue weighted by Gasteiger charge is 2.34. The Morgan fingerprint density at radius 3 is 2.52 bits per heavy atom. The molecule has 2 aromatic carbocycles. The topological polar surface area (TPSA) is 50.4 Å². The number of ether oxygens (including phenoxy) is 1. The maximum Gasteiger partial charge on any atom is 0.418 e. The third-order valence-corrected chi connectivity index (χ3v) is 3.56. The zero-order valence-electron chi connectivity index (χ0n) is 13.5. The first-order valence-electron chi connectivity index (χ1n) is 7.28. The second kappa shape index (κ2) is 7.65. The van der Waals surface area contributed by atoms with E-state index in [4.69, 9.17) is 16.3 Å². The van der Waals surface area contributed by atoms with Crippen LogP contribution in [0.5, 0.6) is 5.75 Å². The van der Waals surface area contributed by atoms with Crippen LogP contribution in [0.15, 0.2) is 36.4 Å². The molecule has 0 unspecified atom stereocenters. The van der Waals surface area contributed by atoms with E-state index in [2.05, 4.69) is 10.6 Å². The minimum atomic E-state index is -4.64. The maximum absolute atomic E-state index is 13.0. The van der Waals surface area contributed by atoms with Crippen molar-refractivity contribution in [3.63, 3.8) is 0 Å². The van der Waals surface area contributed by atoms with Gasteiger partial charge in [0, 0.05) is 5.02 Å². The molecule has 0 spiro atoms. The van der Waals surface area contributed by atoms with Gasteiger partial charge in [-0.3, -0.25) is 0 Å². The summed E-state index contributed by atoms with van der Waals surface area (Å²) in [7, 11) is 0. The van der Waals surface area contributed by atoms with E-state index in [1.165, 1.54) is 6.07 Å². The van der Waals surface area contributed by atoms with Crippen LogP contribution in [-0.2, 0) is 6.18 Å². The predicted molar refractivity (Wildman–Crippen MR) is 90.0 cm³/mol. The van der Waals surface area contributed by atoms with Crippen LogP contribution in [0, 0.1) is 13.8 Å². The van der Waals surface area contributed by atoms with Crippen molar-refractivity contribution in [2.75, 3.05) is 12.0 Å². The summed E-state index contributed by atoms with van der Waals surface area (Å²) in [6, 6.07) is 7.81. The normalized spacial score (nSPS) is 11.1. The van der Waals surface area contributed by atoms with Gasteiger partial charge in [0.15, 0.2) is 6.73 Å². The lowest BCUT2D eigenvalue weighted by Crippen LogP contribution is -2.32. The minimum Gasteiger partial charge on any atom is -0.473 e. The number of rotatable bonds is 4. The molecule has 2 amide bonds. The summed E-state index contributed by atoms with van der Waals surface area (Å²) in [5.41, 5.74) is 0.545. The molecule has 25 heavy (non-hydrogen) atoms. The van der Waals surface area contributed by atoms with Crippen LogP contribution >= 0.6 is 11.6 Å². The number of hydrogen-bond acceptors (Lipinski definition) is 2. The predicted octanol–water partition coefficient (Wildman–Crippen LogP) is 5.13. The molecule has 0 saturated heterocycles. The molecular weight excluding hydrogens is 357 g/mol. The third-order valence-electron chi connectivity index (χ3n) is 3.33. The molecule has 0 radical (unpaired) electrons. The maximum atomic E-state index is 13.0.